The minimum absolute atomic E-state index is 0.00860. The lowest BCUT2D eigenvalue weighted by molar-refractivity contribution is 0.268. The lowest BCUT2D eigenvalue weighted by atomic mass is 9.77. The van der Waals surface area contributed by atoms with Crippen LogP contribution in [0.1, 0.15) is 32.3 Å². The molecule has 0 bridgehead atoms. The Labute approximate surface area is 102 Å². The molecule has 1 rings (SSSR count). The van der Waals surface area contributed by atoms with E-state index >= 15 is 0 Å². The van der Waals surface area contributed by atoms with Crippen LogP contribution >= 0.6 is 11.6 Å². The summed E-state index contributed by atoms with van der Waals surface area (Å²) in [6.07, 6.45) is 2.60. The highest BCUT2D eigenvalue weighted by atomic mass is 35.5. The lowest BCUT2D eigenvalue weighted by Crippen LogP contribution is -2.31. The molecular weight excluding hydrogens is 225 g/mol. The van der Waals surface area contributed by atoms with Crippen molar-refractivity contribution in [2.24, 2.45) is 11.1 Å². The van der Waals surface area contributed by atoms with E-state index in [1.54, 1.807) is 12.1 Å². The lowest BCUT2D eigenvalue weighted by Gasteiger charge is -2.30. The molecule has 0 radical (unpaired) electrons. The zero-order chi connectivity index (χ0) is 12.2. The normalized spacial score (nSPS) is 11.8. The SMILES string of the molecule is CCC(CC)(CN)Cc1ccc(Cl)cc1F. The van der Waals surface area contributed by atoms with Gasteiger partial charge in [0.25, 0.3) is 0 Å². The van der Waals surface area contributed by atoms with Gasteiger partial charge in [-0.15, -0.1) is 0 Å². The largest absolute Gasteiger partial charge is 0.330 e. The van der Waals surface area contributed by atoms with E-state index in [4.69, 9.17) is 17.3 Å². The Morgan fingerprint density at radius 3 is 2.38 bits per heavy atom. The van der Waals surface area contributed by atoms with Gasteiger partial charge in [-0.25, -0.2) is 4.39 Å². The zero-order valence-corrected chi connectivity index (χ0v) is 10.6. The molecule has 2 N–H and O–H groups in total. The second-order valence-electron chi connectivity index (χ2n) is 4.32. The summed E-state index contributed by atoms with van der Waals surface area (Å²) in [6.45, 7) is 4.79. The van der Waals surface area contributed by atoms with Crippen LogP contribution in [0.5, 0.6) is 0 Å². The van der Waals surface area contributed by atoms with E-state index in [0.29, 0.717) is 23.6 Å². The van der Waals surface area contributed by atoms with Gasteiger partial charge in [0, 0.05) is 5.02 Å². The molecule has 0 spiro atoms. The maximum absolute atomic E-state index is 13.7. The van der Waals surface area contributed by atoms with Crippen LogP contribution in [-0.2, 0) is 6.42 Å². The second-order valence-corrected chi connectivity index (χ2v) is 4.76. The first-order chi connectivity index (χ1) is 7.56. The highest BCUT2D eigenvalue weighted by Crippen LogP contribution is 2.31. The Balaban J connectivity index is 2.93. The Morgan fingerprint density at radius 2 is 1.94 bits per heavy atom. The molecule has 0 atom stereocenters. The van der Waals surface area contributed by atoms with Crippen LogP contribution in [0.15, 0.2) is 18.2 Å². The molecule has 0 heterocycles. The van der Waals surface area contributed by atoms with Crippen molar-refractivity contribution in [3.8, 4) is 0 Å². The van der Waals surface area contributed by atoms with E-state index in [2.05, 4.69) is 13.8 Å². The van der Waals surface area contributed by atoms with Gasteiger partial charge in [0.05, 0.1) is 0 Å². The quantitative estimate of drug-likeness (QED) is 0.837. The monoisotopic (exact) mass is 243 g/mol. The minimum Gasteiger partial charge on any atom is -0.330 e. The highest BCUT2D eigenvalue weighted by molar-refractivity contribution is 6.30. The summed E-state index contributed by atoms with van der Waals surface area (Å²) in [4.78, 5) is 0. The molecule has 0 aromatic heterocycles. The smallest absolute Gasteiger partial charge is 0.127 e. The summed E-state index contributed by atoms with van der Waals surface area (Å²) >= 11 is 5.73. The van der Waals surface area contributed by atoms with Crippen LogP contribution in [0.4, 0.5) is 4.39 Å². The van der Waals surface area contributed by atoms with Crippen LogP contribution in [0, 0.1) is 11.2 Å². The summed E-state index contributed by atoms with van der Waals surface area (Å²) in [6, 6.07) is 4.85. The molecule has 0 fully saturated rings. The number of hydrogen-bond acceptors (Lipinski definition) is 1. The topological polar surface area (TPSA) is 26.0 Å². The first-order valence-electron chi connectivity index (χ1n) is 5.71. The first-order valence-corrected chi connectivity index (χ1v) is 6.08. The van der Waals surface area contributed by atoms with Gasteiger partial charge in [0.15, 0.2) is 0 Å². The molecule has 3 heteroatoms. The Bertz CT molecular complexity index is 340. The number of benzene rings is 1. The highest BCUT2D eigenvalue weighted by Gasteiger charge is 2.25. The average Bonchev–Trinajstić information content (AvgIpc) is 2.29. The van der Waals surface area contributed by atoms with Gasteiger partial charge in [-0.3, -0.25) is 0 Å². The molecule has 90 valence electrons. The van der Waals surface area contributed by atoms with Gasteiger partial charge in [-0.05, 0) is 48.9 Å². The second kappa shape index (κ2) is 5.65. The van der Waals surface area contributed by atoms with Crippen molar-refractivity contribution in [3.05, 3.63) is 34.6 Å². The summed E-state index contributed by atoms with van der Waals surface area (Å²) in [7, 11) is 0. The minimum atomic E-state index is -0.229. The van der Waals surface area contributed by atoms with Gasteiger partial charge in [-0.2, -0.15) is 0 Å². The van der Waals surface area contributed by atoms with Crippen molar-refractivity contribution in [1.29, 1.82) is 0 Å². The maximum Gasteiger partial charge on any atom is 0.127 e. The van der Waals surface area contributed by atoms with Gasteiger partial charge < -0.3 is 5.73 Å². The summed E-state index contributed by atoms with van der Waals surface area (Å²) in [5.74, 6) is -0.229. The van der Waals surface area contributed by atoms with Gasteiger partial charge in [-0.1, -0.05) is 31.5 Å². The first kappa shape index (κ1) is 13.5. The fourth-order valence-corrected chi connectivity index (χ4v) is 2.09. The third-order valence-electron chi connectivity index (χ3n) is 3.51. The van der Waals surface area contributed by atoms with Crippen molar-refractivity contribution >= 4 is 11.6 Å². The van der Waals surface area contributed by atoms with Crippen molar-refractivity contribution in [2.75, 3.05) is 6.54 Å². The average molecular weight is 244 g/mol. The predicted octanol–water partition coefficient (Wildman–Crippen LogP) is 3.79. The number of halogens is 2. The predicted molar refractivity (Wildman–Crippen MR) is 67.2 cm³/mol. The van der Waals surface area contributed by atoms with E-state index in [1.807, 2.05) is 0 Å². The molecule has 0 aliphatic carbocycles. The van der Waals surface area contributed by atoms with Crippen LogP contribution in [0.25, 0.3) is 0 Å². The standard InChI is InChI=1S/C13H19ClFN/c1-3-13(4-2,9-16)8-10-5-6-11(14)7-12(10)15/h5-7H,3-4,8-9,16H2,1-2H3. The van der Waals surface area contributed by atoms with Crippen molar-refractivity contribution in [2.45, 2.75) is 33.1 Å². The Morgan fingerprint density at radius 1 is 1.31 bits per heavy atom. The Kier molecular flexibility index (Phi) is 4.75. The van der Waals surface area contributed by atoms with Crippen LogP contribution in [-0.4, -0.2) is 6.54 Å². The van der Waals surface area contributed by atoms with Gasteiger partial charge in [0.2, 0.25) is 0 Å². The van der Waals surface area contributed by atoms with Crippen LogP contribution in [0.3, 0.4) is 0 Å². The van der Waals surface area contributed by atoms with E-state index in [1.165, 1.54) is 6.07 Å². The van der Waals surface area contributed by atoms with E-state index < -0.39 is 0 Å². The summed E-state index contributed by atoms with van der Waals surface area (Å²) < 4.78 is 13.7. The van der Waals surface area contributed by atoms with E-state index in [9.17, 15) is 4.39 Å². The molecule has 16 heavy (non-hydrogen) atoms. The summed E-state index contributed by atoms with van der Waals surface area (Å²) in [5.41, 5.74) is 6.52. The third kappa shape index (κ3) is 2.96. The molecule has 1 aromatic carbocycles. The zero-order valence-electron chi connectivity index (χ0n) is 9.89. The molecule has 0 unspecified atom stereocenters. The van der Waals surface area contributed by atoms with Crippen molar-refractivity contribution < 1.29 is 4.39 Å². The molecule has 0 saturated heterocycles. The number of hydrogen-bond donors (Lipinski definition) is 1. The molecule has 1 nitrogen and oxygen atoms in total. The molecule has 0 saturated carbocycles. The van der Waals surface area contributed by atoms with Gasteiger partial charge >= 0.3 is 0 Å². The van der Waals surface area contributed by atoms with E-state index in [-0.39, 0.29) is 11.2 Å². The molecule has 0 amide bonds. The summed E-state index contributed by atoms with van der Waals surface area (Å²) in [5, 5.41) is 0.438. The van der Waals surface area contributed by atoms with Gasteiger partial charge in [0.1, 0.15) is 5.82 Å². The molecule has 0 aliphatic heterocycles. The molecular formula is C13H19ClFN. The third-order valence-corrected chi connectivity index (χ3v) is 3.75. The van der Waals surface area contributed by atoms with Crippen molar-refractivity contribution in [3.63, 3.8) is 0 Å². The Hall–Kier alpha value is -0.600. The molecule has 0 aliphatic rings. The van der Waals surface area contributed by atoms with E-state index in [0.717, 1.165) is 12.8 Å². The fraction of sp³-hybridized carbons (Fsp3) is 0.538. The van der Waals surface area contributed by atoms with Crippen LogP contribution in [0.2, 0.25) is 5.02 Å². The fourth-order valence-electron chi connectivity index (χ4n) is 1.93. The number of nitrogens with two attached hydrogens (primary N) is 1. The van der Waals surface area contributed by atoms with Crippen LogP contribution < -0.4 is 5.73 Å². The molecule has 1 aromatic rings. The maximum atomic E-state index is 13.7. The van der Waals surface area contributed by atoms with Crippen molar-refractivity contribution in [1.82, 2.24) is 0 Å². The number of rotatable bonds is 5.